The number of methoxy groups -OCH3 is 1. The average molecular weight is 499 g/mol. The molecule has 0 aromatic heterocycles. The van der Waals surface area contributed by atoms with Gasteiger partial charge in [-0.3, -0.25) is 4.57 Å². The Morgan fingerprint density at radius 1 is 0.848 bits per heavy atom. The van der Waals surface area contributed by atoms with Crippen molar-refractivity contribution in [1.82, 2.24) is 0 Å². The van der Waals surface area contributed by atoms with Gasteiger partial charge in [-0.25, -0.2) is 0 Å². The molecule has 8 nitrogen and oxygen atoms in total. The first kappa shape index (κ1) is 33.0. The van der Waals surface area contributed by atoms with Crippen molar-refractivity contribution in [3.63, 3.8) is 0 Å². The van der Waals surface area contributed by atoms with Crippen LogP contribution >= 0.6 is 8.25 Å². The molecule has 0 saturated carbocycles. The smallest absolute Gasteiger partial charge is 0.314 e. The van der Waals surface area contributed by atoms with E-state index in [0.717, 1.165) is 39.1 Å². The molecular formula is C24H51O8P. The van der Waals surface area contributed by atoms with E-state index in [0.29, 0.717) is 12.7 Å². The molecule has 1 aliphatic rings. The third kappa shape index (κ3) is 22.2. The van der Waals surface area contributed by atoms with Gasteiger partial charge in [0, 0.05) is 13.7 Å². The highest BCUT2D eigenvalue weighted by atomic mass is 31.1. The highest BCUT2D eigenvalue weighted by Crippen LogP contribution is 2.22. The molecule has 33 heavy (non-hydrogen) atoms. The van der Waals surface area contributed by atoms with Crippen molar-refractivity contribution in [2.24, 2.45) is 0 Å². The lowest BCUT2D eigenvalue weighted by Gasteiger charge is -2.32. The first-order valence-electron chi connectivity index (χ1n) is 12.9. The molecule has 1 heterocycles. The van der Waals surface area contributed by atoms with Crippen molar-refractivity contribution in [1.29, 1.82) is 0 Å². The Morgan fingerprint density at radius 3 is 1.76 bits per heavy atom. The van der Waals surface area contributed by atoms with Gasteiger partial charge in [-0.15, -0.1) is 0 Å². The molecule has 1 saturated heterocycles. The van der Waals surface area contributed by atoms with E-state index >= 15 is 0 Å². The molecule has 9 heteroatoms. The zero-order chi connectivity index (χ0) is 24.6. The molecule has 0 aromatic carbocycles. The normalized spacial score (nSPS) is 19.3. The first-order chi connectivity index (χ1) is 16.0. The summed E-state index contributed by atoms with van der Waals surface area (Å²) in [4.78, 5) is 14.3. The first-order valence-corrected chi connectivity index (χ1v) is 14.2. The Kier molecular flexibility index (Phi) is 25.0. The zero-order valence-electron chi connectivity index (χ0n) is 21.0. The molecule has 0 bridgehead atoms. The molecule has 3 unspecified atom stereocenters. The van der Waals surface area contributed by atoms with E-state index in [1.807, 2.05) is 0 Å². The van der Waals surface area contributed by atoms with Crippen molar-refractivity contribution in [2.45, 2.75) is 115 Å². The Balaban J connectivity index is 0.00000235. The molecule has 1 rings (SSSR count). The Morgan fingerprint density at radius 2 is 1.30 bits per heavy atom. The van der Waals surface area contributed by atoms with Crippen LogP contribution < -0.4 is 0 Å². The van der Waals surface area contributed by atoms with E-state index in [4.69, 9.17) is 38.4 Å². The largest absolute Gasteiger partial charge is 0.394 e. The molecule has 1 fully saturated rings. The van der Waals surface area contributed by atoms with Crippen LogP contribution in [0.5, 0.6) is 0 Å². The average Bonchev–Trinajstić information content (AvgIpc) is 2.80. The number of aliphatic hydroxyl groups is 1. The van der Waals surface area contributed by atoms with Gasteiger partial charge < -0.3 is 33.8 Å². The lowest BCUT2D eigenvalue weighted by atomic mass is 9.99. The summed E-state index contributed by atoms with van der Waals surface area (Å²) in [7, 11) is -1.53. The molecule has 0 amide bonds. The van der Waals surface area contributed by atoms with Crippen LogP contribution in [0, 0.1) is 0 Å². The number of aliphatic hydroxyl groups excluding tert-OH is 1. The minimum atomic E-state index is -3.13. The molecule has 3 atom stereocenters. The molecule has 0 aromatic rings. The minimum Gasteiger partial charge on any atom is -0.394 e. The maximum absolute atomic E-state index is 9.04. The Bertz CT molecular complexity index is 419. The number of unbranched alkanes of at least 4 members (excludes halogenated alkanes) is 10. The van der Waals surface area contributed by atoms with Gasteiger partial charge >= 0.3 is 8.25 Å². The van der Waals surface area contributed by atoms with Gasteiger partial charge in [-0.1, -0.05) is 77.6 Å². The van der Waals surface area contributed by atoms with E-state index in [2.05, 4.69) is 6.92 Å². The third-order valence-corrected chi connectivity index (χ3v) is 5.87. The third-order valence-electron chi connectivity index (χ3n) is 5.87. The summed E-state index contributed by atoms with van der Waals surface area (Å²) < 4.78 is 31.4. The fourth-order valence-corrected chi connectivity index (χ4v) is 3.94. The van der Waals surface area contributed by atoms with E-state index in [1.54, 1.807) is 7.11 Å². The van der Waals surface area contributed by atoms with Crippen LogP contribution in [0.25, 0.3) is 0 Å². The lowest BCUT2D eigenvalue weighted by molar-refractivity contribution is -0.145. The summed E-state index contributed by atoms with van der Waals surface area (Å²) in [6.45, 7) is 5.00. The summed E-state index contributed by atoms with van der Waals surface area (Å²) >= 11 is 0. The van der Waals surface area contributed by atoms with Crippen LogP contribution in [0.4, 0.5) is 0 Å². The van der Waals surface area contributed by atoms with Crippen LogP contribution in [0.1, 0.15) is 96.8 Å². The highest BCUT2D eigenvalue weighted by Gasteiger charge is 2.25. The summed E-state index contributed by atoms with van der Waals surface area (Å²) in [5, 5.41) is 9.04. The topological polar surface area (TPSA) is 115 Å². The molecule has 3 N–H and O–H groups in total. The van der Waals surface area contributed by atoms with Gasteiger partial charge in [-0.2, -0.15) is 0 Å². The fourth-order valence-electron chi connectivity index (χ4n) is 3.94. The number of ether oxygens (including phenoxy) is 4. The van der Waals surface area contributed by atoms with Crippen LogP contribution in [0.2, 0.25) is 0 Å². The quantitative estimate of drug-likeness (QED) is 0.164. The maximum Gasteiger partial charge on any atom is 0.314 e. The van der Waals surface area contributed by atoms with E-state index in [9.17, 15) is 0 Å². The number of hydrogen-bond acceptors (Lipinski definition) is 6. The van der Waals surface area contributed by atoms with Crippen molar-refractivity contribution < 1.29 is 38.4 Å². The second kappa shape index (κ2) is 25.1. The highest BCUT2D eigenvalue weighted by molar-refractivity contribution is 7.30. The van der Waals surface area contributed by atoms with E-state index in [1.165, 1.54) is 70.6 Å². The molecule has 0 aliphatic carbocycles. The molecular weight excluding hydrogens is 447 g/mol. The van der Waals surface area contributed by atoms with E-state index < -0.39 is 8.25 Å². The lowest BCUT2D eigenvalue weighted by Crippen LogP contribution is -2.38. The summed E-state index contributed by atoms with van der Waals surface area (Å²) in [5.41, 5.74) is 0. The van der Waals surface area contributed by atoms with Crippen molar-refractivity contribution in [2.75, 3.05) is 40.1 Å². The van der Waals surface area contributed by atoms with Gasteiger partial charge in [0.2, 0.25) is 0 Å². The second-order valence-corrected chi connectivity index (χ2v) is 9.25. The van der Waals surface area contributed by atoms with Gasteiger partial charge in [0.25, 0.3) is 0 Å². The van der Waals surface area contributed by atoms with Crippen molar-refractivity contribution >= 4 is 8.25 Å². The van der Waals surface area contributed by atoms with Crippen molar-refractivity contribution in [3.05, 3.63) is 0 Å². The standard InChI is InChI=1S/C24H48O5.H3O3P/c1-3-4-5-6-7-8-9-12-15-23-24(29-19-18-28-23)16-13-10-11-14-17-27-21-22(20-25)26-2;1-4(2)3/h22-25H,3-21H2,1-2H3;4H,(H2,1,2,3). The van der Waals surface area contributed by atoms with E-state index in [-0.39, 0.29) is 18.8 Å². The van der Waals surface area contributed by atoms with Gasteiger partial charge in [-0.05, 0) is 19.3 Å². The predicted octanol–water partition coefficient (Wildman–Crippen LogP) is 4.64. The second-order valence-electron chi connectivity index (χ2n) is 8.68. The Labute approximate surface area is 202 Å². The minimum absolute atomic E-state index is 0.0140. The van der Waals surface area contributed by atoms with Crippen LogP contribution in [0.3, 0.4) is 0 Å². The zero-order valence-corrected chi connectivity index (χ0v) is 22.0. The Hall–Kier alpha value is -0.0500. The fraction of sp³-hybridized carbons (Fsp3) is 1.00. The SMILES string of the molecule is CCCCCCCCCCC1OCCOC1CCCCCCOCC(CO)OC.O=[PH](O)O. The van der Waals surface area contributed by atoms with Gasteiger partial charge in [0.05, 0.1) is 38.6 Å². The molecule has 0 radical (unpaired) electrons. The van der Waals surface area contributed by atoms with Crippen LogP contribution in [0.15, 0.2) is 0 Å². The van der Waals surface area contributed by atoms with Crippen LogP contribution in [-0.2, 0) is 23.5 Å². The predicted molar refractivity (Wildman–Crippen MR) is 132 cm³/mol. The van der Waals surface area contributed by atoms with Gasteiger partial charge in [0.15, 0.2) is 0 Å². The monoisotopic (exact) mass is 498 g/mol. The van der Waals surface area contributed by atoms with Crippen molar-refractivity contribution in [3.8, 4) is 0 Å². The van der Waals surface area contributed by atoms with Crippen LogP contribution in [-0.4, -0.2) is 73.3 Å². The summed E-state index contributed by atoms with van der Waals surface area (Å²) in [5.74, 6) is 0. The maximum atomic E-state index is 9.04. The summed E-state index contributed by atoms with van der Waals surface area (Å²) in [6.07, 6.45) is 18.2. The van der Waals surface area contributed by atoms with Gasteiger partial charge in [0.1, 0.15) is 6.10 Å². The number of hydrogen-bond donors (Lipinski definition) is 3. The summed E-state index contributed by atoms with van der Waals surface area (Å²) in [6, 6.07) is 0. The molecule has 200 valence electrons. The molecule has 0 spiro atoms. The molecule has 1 aliphatic heterocycles. The number of rotatable bonds is 20.